The van der Waals surface area contributed by atoms with Gasteiger partial charge in [-0.1, -0.05) is 6.07 Å². The summed E-state index contributed by atoms with van der Waals surface area (Å²) in [5.41, 5.74) is 0.732. The smallest absolute Gasteiger partial charge is 0.387 e. The molecule has 3 nitrogen and oxygen atoms in total. The van der Waals surface area contributed by atoms with Gasteiger partial charge in [-0.3, -0.25) is 4.90 Å². The van der Waals surface area contributed by atoms with Gasteiger partial charge in [-0.2, -0.15) is 8.78 Å². The second-order valence-electron chi connectivity index (χ2n) is 4.03. The molecule has 0 spiro atoms. The third-order valence-corrected chi connectivity index (χ3v) is 2.72. The minimum Gasteiger partial charge on any atom is -0.432 e. The maximum atomic E-state index is 13.5. The van der Waals surface area contributed by atoms with Crippen LogP contribution in [0, 0.1) is 5.82 Å². The fourth-order valence-corrected chi connectivity index (χ4v) is 1.85. The van der Waals surface area contributed by atoms with E-state index in [1.54, 1.807) is 6.07 Å². The van der Waals surface area contributed by atoms with Gasteiger partial charge in [-0.15, -0.1) is 0 Å². The minimum absolute atomic E-state index is 0.421. The molecule has 1 fully saturated rings. The number of morpholine rings is 1. The van der Waals surface area contributed by atoms with Crippen LogP contribution >= 0.6 is 0 Å². The van der Waals surface area contributed by atoms with E-state index in [0.717, 1.165) is 18.7 Å². The molecule has 6 heteroatoms. The Morgan fingerprint density at radius 1 is 1.28 bits per heavy atom. The van der Waals surface area contributed by atoms with Crippen molar-refractivity contribution >= 4 is 0 Å². The zero-order chi connectivity index (χ0) is 13.0. The van der Waals surface area contributed by atoms with E-state index in [1.807, 2.05) is 0 Å². The standard InChI is InChI=1S/C12H14F3NO2/c13-10-7-9(1-2-11(10)18-12(14)15)8-16-3-5-17-6-4-16/h1-2,7,12H,3-6,8H2. The van der Waals surface area contributed by atoms with Crippen molar-refractivity contribution in [2.75, 3.05) is 26.3 Å². The predicted octanol–water partition coefficient (Wildman–Crippen LogP) is 2.26. The second-order valence-corrected chi connectivity index (χ2v) is 4.03. The summed E-state index contributed by atoms with van der Waals surface area (Å²) in [6.45, 7) is 0.470. The van der Waals surface area contributed by atoms with Gasteiger partial charge in [0.25, 0.3) is 0 Å². The quantitative estimate of drug-likeness (QED) is 0.829. The highest BCUT2D eigenvalue weighted by molar-refractivity contribution is 5.29. The molecule has 1 saturated heterocycles. The zero-order valence-electron chi connectivity index (χ0n) is 9.74. The molecule has 0 bridgehead atoms. The Morgan fingerprint density at radius 3 is 2.61 bits per heavy atom. The Balaban J connectivity index is 1.99. The minimum atomic E-state index is -3.01. The number of rotatable bonds is 4. The van der Waals surface area contributed by atoms with Gasteiger partial charge in [0.1, 0.15) is 0 Å². The Bertz CT molecular complexity index is 395. The highest BCUT2D eigenvalue weighted by atomic mass is 19.3. The van der Waals surface area contributed by atoms with Crippen LogP contribution in [0.25, 0.3) is 0 Å². The Morgan fingerprint density at radius 2 is 2.00 bits per heavy atom. The number of hydrogen-bond donors (Lipinski definition) is 0. The van der Waals surface area contributed by atoms with Crippen LogP contribution in [-0.2, 0) is 11.3 Å². The predicted molar refractivity (Wildman–Crippen MR) is 59.1 cm³/mol. The summed E-state index contributed by atoms with van der Waals surface area (Å²) in [5.74, 6) is -1.18. The van der Waals surface area contributed by atoms with Gasteiger partial charge >= 0.3 is 6.61 Å². The molecule has 1 aliphatic heterocycles. The Hall–Kier alpha value is -1.27. The van der Waals surface area contributed by atoms with Gasteiger partial charge in [-0.25, -0.2) is 4.39 Å². The number of nitrogens with zero attached hydrogens (tertiary/aromatic N) is 1. The van der Waals surface area contributed by atoms with Crippen LogP contribution in [0.1, 0.15) is 5.56 Å². The lowest BCUT2D eigenvalue weighted by Crippen LogP contribution is -2.35. The number of halogens is 3. The van der Waals surface area contributed by atoms with Crippen LogP contribution in [0.5, 0.6) is 5.75 Å². The van der Waals surface area contributed by atoms with Gasteiger partial charge in [0.05, 0.1) is 13.2 Å². The largest absolute Gasteiger partial charge is 0.432 e. The first-order valence-corrected chi connectivity index (χ1v) is 5.68. The maximum absolute atomic E-state index is 13.5. The van der Waals surface area contributed by atoms with E-state index in [2.05, 4.69) is 9.64 Å². The molecular formula is C12H14F3NO2. The molecular weight excluding hydrogens is 247 g/mol. The third-order valence-electron chi connectivity index (χ3n) is 2.72. The van der Waals surface area contributed by atoms with E-state index in [1.165, 1.54) is 12.1 Å². The summed E-state index contributed by atoms with van der Waals surface area (Å²) in [4.78, 5) is 2.12. The van der Waals surface area contributed by atoms with E-state index >= 15 is 0 Å². The fraction of sp³-hybridized carbons (Fsp3) is 0.500. The van der Waals surface area contributed by atoms with E-state index in [-0.39, 0.29) is 0 Å². The van der Waals surface area contributed by atoms with Crippen molar-refractivity contribution in [3.05, 3.63) is 29.6 Å². The normalized spacial score (nSPS) is 17.1. The van der Waals surface area contributed by atoms with E-state index < -0.39 is 18.2 Å². The van der Waals surface area contributed by atoms with Gasteiger partial charge < -0.3 is 9.47 Å². The highest BCUT2D eigenvalue weighted by Gasteiger charge is 2.13. The second kappa shape index (κ2) is 6.06. The van der Waals surface area contributed by atoms with Crippen molar-refractivity contribution in [1.82, 2.24) is 4.90 Å². The van der Waals surface area contributed by atoms with E-state index in [9.17, 15) is 13.2 Å². The SMILES string of the molecule is Fc1cc(CN2CCOCC2)ccc1OC(F)F. The van der Waals surface area contributed by atoms with Crippen LogP contribution in [0.4, 0.5) is 13.2 Å². The zero-order valence-corrected chi connectivity index (χ0v) is 9.74. The van der Waals surface area contributed by atoms with Gasteiger partial charge in [0, 0.05) is 19.6 Å². The molecule has 0 saturated carbocycles. The molecule has 0 aromatic heterocycles. The van der Waals surface area contributed by atoms with Crippen LogP contribution in [0.2, 0.25) is 0 Å². The van der Waals surface area contributed by atoms with Crippen molar-refractivity contribution in [2.45, 2.75) is 13.2 Å². The Labute approximate surface area is 103 Å². The van der Waals surface area contributed by atoms with Crippen LogP contribution in [0.15, 0.2) is 18.2 Å². The molecule has 0 aliphatic carbocycles. The maximum Gasteiger partial charge on any atom is 0.387 e. The van der Waals surface area contributed by atoms with E-state index in [4.69, 9.17) is 4.74 Å². The average Bonchev–Trinajstić information content (AvgIpc) is 2.33. The number of hydrogen-bond acceptors (Lipinski definition) is 3. The van der Waals surface area contributed by atoms with Gasteiger partial charge in [0.2, 0.25) is 0 Å². The molecule has 2 rings (SSSR count). The number of alkyl halides is 2. The molecule has 100 valence electrons. The summed E-state index contributed by atoms with van der Waals surface area (Å²) in [7, 11) is 0. The van der Waals surface area contributed by atoms with Gasteiger partial charge in [-0.05, 0) is 17.7 Å². The summed E-state index contributed by atoms with van der Waals surface area (Å²) in [5, 5.41) is 0. The number of benzene rings is 1. The lowest BCUT2D eigenvalue weighted by Gasteiger charge is -2.26. The van der Waals surface area contributed by atoms with Crippen molar-refractivity contribution in [2.24, 2.45) is 0 Å². The molecule has 0 atom stereocenters. The summed E-state index contributed by atoms with van der Waals surface area (Å²) in [6, 6.07) is 4.06. The average molecular weight is 261 g/mol. The molecule has 0 unspecified atom stereocenters. The van der Waals surface area contributed by atoms with Crippen LogP contribution in [0.3, 0.4) is 0 Å². The molecule has 0 amide bonds. The van der Waals surface area contributed by atoms with E-state index in [0.29, 0.717) is 19.8 Å². The van der Waals surface area contributed by atoms with Crippen molar-refractivity contribution in [3.8, 4) is 5.75 Å². The van der Waals surface area contributed by atoms with Crippen molar-refractivity contribution < 1.29 is 22.6 Å². The first kappa shape index (κ1) is 13.2. The molecule has 18 heavy (non-hydrogen) atoms. The third kappa shape index (κ3) is 3.61. The Kier molecular flexibility index (Phi) is 4.43. The molecule has 1 aliphatic rings. The van der Waals surface area contributed by atoms with Crippen LogP contribution in [-0.4, -0.2) is 37.8 Å². The lowest BCUT2D eigenvalue weighted by molar-refractivity contribution is -0.0522. The molecule has 0 radical (unpaired) electrons. The monoisotopic (exact) mass is 261 g/mol. The molecule has 0 N–H and O–H groups in total. The topological polar surface area (TPSA) is 21.7 Å². The van der Waals surface area contributed by atoms with Crippen molar-refractivity contribution in [3.63, 3.8) is 0 Å². The lowest BCUT2D eigenvalue weighted by atomic mass is 10.2. The van der Waals surface area contributed by atoms with Crippen molar-refractivity contribution in [1.29, 1.82) is 0 Å². The highest BCUT2D eigenvalue weighted by Crippen LogP contribution is 2.21. The molecule has 1 aromatic carbocycles. The summed E-state index contributed by atoms with van der Waals surface area (Å²) >= 11 is 0. The fourth-order valence-electron chi connectivity index (χ4n) is 1.85. The van der Waals surface area contributed by atoms with Gasteiger partial charge in [0.15, 0.2) is 11.6 Å². The molecule has 1 heterocycles. The molecule has 1 aromatic rings. The first-order chi connectivity index (χ1) is 8.65. The first-order valence-electron chi connectivity index (χ1n) is 5.68. The van der Waals surface area contributed by atoms with Crippen LogP contribution < -0.4 is 4.74 Å². The summed E-state index contributed by atoms with van der Waals surface area (Å²) in [6.07, 6.45) is 0. The summed E-state index contributed by atoms with van der Waals surface area (Å²) < 4.78 is 46.6. The number of ether oxygens (including phenoxy) is 2.